The highest BCUT2D eigenvalue weighted by atomic mass is 32.2. The number of aromatic nitrogens is 1. The van der Waals surface area contributed by atoms with Crippen molar-refractivity contribution in [1.29, 1.82) is 0 Å². The lowest BCUT2D eigenvalue weighted by Crippen LogP contribution is -2.52. The molecule has 2 aliphatic heterocycles. The molecular weight excluding hydrogens is 354 g/mol. The quantitative estimate of drug-likeness (QED) is 0.806. The number of imide groups is 1. The summed E-state index contributed by atoms with van der Waals surface area (Å²) in [6, 6.07) is 9.00. The number of nitrogens with one attached hydrogen (secondary N) is 1. The number of hydrogen-bond donors (Lipinski definition) is 1. The molecule has 7 nitrogen and oxygen atoms in total. The second kappa shape index (κ2) is 5.77. The van der Waals surface area contributed by atoms with E-state index in [0.29, 0.717) is 0 Å². The van der Waals surface area contributed by atoms with Gasteiger partial charge in [-0.1, -0.05) is 18.2 Å². The van der Waals surface area contributed by atoms with Gasteiger partial charge in [-0.3, -0.25) is 14.7 Å². The fraction of sp³-hybridized carbons (Fsp3) is 0.389. The molecule has 1 aromatic carbocycles. The van der Waals surface area contributed by atoms with Crippen LogP contribution in [0.1, 0.15) is 24.1 Å². The molecule has 26 heavy (non-hydrogen) atoms. The van der Waals surface area contributed by atoms with Crippen LogP contribution in [0.5, 0.6) is 0 Å². The van der Waals surface area contributed by atoms with Crippen LogP contribution in [0.2, 0.25) is 0 Å². The number of fused-ring (bicyclic) bond motifs is 1. The zero-order chi connectivity index (χ0) is 18.5. The molecule has 0 atom stereocenters. The number of amides is 3. The van der Waals surface area contributed by atoms with E-state index in [1.807, 2.05) is 37.3 Å². The topological polar surface area (TPSA) is 96.4 Å². The summed E-state index contributed by atoms with van der Waals surface area (Å²) >= 11 is 0. The van der Waals surface area contributed by atoms with Gasteiger partial charge in [-0.25, -0.2) is 13.2 Å². The van der Waals surface area contributed by atoms with Gasteiger partial charge in [0.05, 0.1) is 23.6 Å². The van der Waals surface area contributed by atoms with Crippen molar-refractivity contribution in [2.45, 2.75) is 31.8 Å². The zero-order valence-corrected chi connectivity index (χ0v) is 15.2. The van der Waals surface area contributed by atoms with E-state index in [2.05, 4.69) is 10.3 Å². The van der Waals surface area contributed by atoms with Gasteiger partial charge in [0.2, 0.25) is 0 Å². The lowest BCUT2D eigenvalue weighted by molar-refractivity contribution is -0.132. The number of benzene rings is 1. The Balaban J connectivity index is 1.66. The summed E-state index contributed by atoms with van der Waals surface area (Å²) in [5, 5.41) is 3.64. The first-order valence-corrected chi connectivity index (χ1v) is 10.3. The zero-order valence-electron chi connectivity index (χ0n) is 14.4. The van der Waals surface area contributed by atoms with Crippen molar-refractivity contribution in [2.75, 3.05) is 11.5 Å². The van der Waals surface area contributed by atoms with Gasteiger partial charge in [0.15, 0.2) is 9.84 Å². The summed E-state index contributed by atoms with van der Waals surface area (Å²) in [4.78, 5) is 31.1. The van der Waals surface area contributed by atoms with Crippen LogP contribution in [0.4, 0.5) is 4.79 Å². The molecule has 3 amide bonds. The molecule has 2 saturated heterocycles. The van der Waals surface area contributed by atoms with Crippen LogP contribution < -0.4 is 5.32 Å². The third kappa shape index (κ3) is 2.74. The molecule has 8 heteroatoms. The maximum atomic E-state index is 13.0. The van der Waals surface area contributed by atoms with E-state index in [-0.39, 0.29) is 36.8 Å². The lowest BCUT2D eigenvalue weighted by atomic mass is 9.92. The van der Waals surface area contributed by atoms with Crippen molar-refractivity contribution in [3.63, 3.8) is 0 Å². The average Bonchev–Trinajstić information content (AvgIpc) is 2.82. The Morgan fingerprint density at radius 1 is 1.19 bits per heavy atom. The van der Waals surface area contributed by atoms with E-state index < -0.39 is 21.4 Å². The molecule has 1 aromatic heterocycles. The Bertz CT molecular complexity index is 1020. The number of carbonyl (C=O) groups excluding carboxylic acids is 2. The number of sulfone groups is 1. The predicted octanol–water partition coefficient (Wildman–Crippen LogP) is 1.54. The van der Waals surface area contributed by atoms with E-state index >= 15 is 0 Å². The highest BCUT2D eigenvalue weighted by Gasteiger charge is 2.53. The first-order valence-electron chi connectivity index (χ1n) is 8.49. The van der Waals surface area contributed by atoms with Crippen molar-refractivity contribution in [1.82, 2.24) is 15.2 Å². The first kappa shape index (κ1) is 17.0. The number of urea groups is 1. The number of hydrogen-bond acceptors (Lipinski definition) is 5. The van der Waals surface area contributed by atoms with Crippen LogP contribution in [0, 0.1) is 6.92 Å². The molecule has 2 fully saturated rings. The van der Waals surface area contributed by atoms with Crippen LogP contribution >= 0.6 is 0 Å². The second-order valence-corrected chi connectivity index (χ2v) is 9.30. The summed E-state index contributed by atoms with van der Waals surface area (Å²) in [6.07, 6.45) is 0.263. The number of carbonyl (C=O) groups is 2. The Kier molecular flexibility index (Phi) is 3.76. The maximum Gasteiger partial charge on any atom is 0.325 e. The summed E-state index contributed by atoms with van der Waals surface area (Å²) in [5.74, 6) is -0.496. The molecule has 0 aliphatic carbocycles. The molecule has 0 saturated carbocycles. The van der Waals surface area contributed by atoms with Crippen molar-refractivity contribution in [3.8, 4) is 0 Å². The molecule has 2 aliphatic rings. The second-order valence-electron chi connectivity index (χ2n) is 7.00. The van der Waals surface area contributed by atoms with Gasteiger partial charge in [0.1, 0.15) is 5.54 Å². The molecule has 0 radical (unpaired) electrons. The van der Waals surface area contributed by atoms with Gasteiger partial charge in [-0.05, 0) is 37.5 Å². The van der Waals surface area contributed by atoms with E-state index in [9.17, 15) is 18.0 Å². The molecule has 1 N–H and O–H groups in total. The van der Waals surface area contributed by atoms with Crippen molar-refractivity contribution >= 4 is 32.7 Å². The summed E-state index contributed by atoms with van der Waals surface area (Å²) in [7, 11) is -3.13. The normalized spacial score (nSPS) is 21.3. The predicted molar refractivity (Wildman–Crippen MR) is 96.2 cm³/mol. The third-order valence-corrected chi connectivity index (χ3v) is 6.84. The van der Waals surface area contributed by atoms with Crippen molar-refractivity contribution in [2.24, 2.45) is 0 Å². The number of rotatable bonds is 2. The van der Waals surface area contributed by atoms with Gasteiger partial charge in [0.25, 0.3) is 5.91 Å². The third-order valence-electron chi connectivity index (χ3n) is 5.18. The van der Waals surface area contributed by atoms with Gasteiger partial charge in [0, 0.05) is 11.1 Å². The largest absolute Gasteiger partial charge is 0.325 e. The first-order chi connectivity index (χ1) is 12.3. The molecule has 136 valence electrons. The van der Waals surface area contributed by atoms with E-state index in [4.69, 9.17) is 0 Å². The molecule has 2 aromatic rings. The fourth-order valence-corrected chi connectivity index (χ4v) is 5.26. The lowest BCUT2D eigenvalue weighted by Gasteiger charge is -2.30. The number of para-hydroxylation sites is 1. The highest BCUT2D eigenvalue weighted by Crippen LogP contribution is 2.32. The van der Waals surface area contributed by atoms with Crippen molar-refractivity contribution in [3.05, 3.63) is 41.6 Å². The minimum absolute atomic E-state index is 0.0792. The Morgan fingerprint density at radius 3 is 2.62 bits per heavy atom. The van der Waals surface area contributed by atoms with Crippen LogP contribution in [-0.4, -0.2) is 47.3 Å². The summed E-state index contributed by atoms with van der Waals surface area (Å²) < 4.78 is 23.4. The molecule has 4 rings (SSSR count). The highest BCUT2D eigenvalue weighted by molar-refractivity contribution is 7.91. The molecule has 0 unspecified atom stereocenters. The SMILES string of the molecule is Cc1cc(CN2C(=O)NC3(CCS(=O)(=O)CC3)C2=O)c2ccccc2n1. The van der Waals surface area contributed by atoms with Crippen LogP contribution in [0.25, 0.3) is 10.9 Å². The standard InChI is InChI=1S/C18H19N3O4S/c1-12-10-13(14-4-2-3-5-15(14)19-12)11-21-16(22)18(20-17(21)23)6-8-26(24,25)9-7-18/h2-5,10H,6-9,11H2,1H3,(H,20,23). The smallest absolute Gasteiger partial charge is 0.323 e. The number of nitrogens with zero attached hydrogens (tertiary/aromatic N) is 2. The van der Waals surface area contributed by atoms with Gasteiger partial charge >= 0.3 is 6.03 Å². The molecular formula is C18H19N3O4S. The van der Waals surface area contributed by atoms with E-state index in [1.54, 1.807) is 0 Å². The molecule has 1 spiro atoms. The van der Waals surface area contributed by atoms with Crippen LogP contribution in [0.3, 0.4) is 0 Å². The van der Waals surface area contributed by atoms with Crippen LogP contribution in [-0.2, 0) is 21.2 Å². The minimum Gasteiger partial charge on any atom is -0.323 e. The van der Waals surface area contributed by atoms with Gasteiger partial charge in [-0.15, -0.1) is 0 Å². The summed E-state index contributed by atoms with van der Waals surface area (Å²) in [6.45, 7) is 2.01. The number of aryl methyl sites for hydroxylation is 1. The molecule has 3 heterocycles. The Hall–Kier alpha value is -2.48. The van der Waals surface area contributed by atoms with Crippen LogP contribution in [0.15, 0.2) is 30.3 Å². The fourth-order valence-electron chi connectivity index (χ4n) is 3.74. The van der Waals surface area contributed by atoms with Gasteiger partial charge in [-0.2, -0.15) is 0 Å². The van der Waals surface area contributed by atoms with Crippen molar-refractivity contribution < 1.29 is 18.0 Å². The minimum atomic E-state index is -3.13. The molecule has 0 bridgehead atoms. The van der Waals surface area contributed by atoms with Gasteiger partial charge < -0.3 is 5.32 Å². The Labute approximate surface area is 151 Å². The van der Waals surface area contributed by atoms with E-state index in [0.717, 1.165) is 22.2 Å². The average molecular weight is 373 g/mol. The Morgan fingerprint density at radius 2 is 1.88 bits per heavy atom. The maximum absolute atomic E-state index is 13.0. The summed E-state index contributed by atoms with van der Waals surface area (Å²) in [5.41, 5.74) is 1.38. The van der Waals surface area contributed by atoms with E-state index in [1.165, 1.54) is 4.90 Å². The number of pyridine rings is 1. The monoisotopic (exact) mass is 373 g/mol.